The van der Waals surface area contributed by atoms with Crippen molar-refractivity contribution >= 4 is 0 Å². The highest BCUT2D eigenvalue weighted by Gasteiger charge is 2.41. The molecule has 0 saturated heterocycles. The quantitative estimate of drug-likeness (QED) is 0.926. The molecule has 2 unspecified atom stereocenters. The molecule has 3 rings (SSSR count). The van der Waals surface area contributed by atoms with E-state index in [0.717, 1.165) is 50.3 Å². The van der Waals surface area contributed by atoms with E-state index in [0.29, 0.717) is 12.5 Å². The average Bonchev–Trinajstić information content (AvgIpc) is 3.27. The second kappa shape index (κ2) is 5.61. The number of nitrogens with one attached hydrogen (secondary N) is 1. The first kappa shape index (κ1) is 14.3. The van der Waals surface area contributed by atoms with Crippen LogP contribution < -0.4 is 10.1 Å². The van der Waals surface area contributed by atoms with Gasteiger partial charge in [0.05, 0.1) is 6.07 Å². The minimum Gasteiger partial charge on any atom is -0.487 e. The maximum Gasteiger partial charge on any atom is 0.165 e. The SMILES string of the molecule is N#CC1(NC2CC2)CCCC(Oc2cc(F)ccc2F)C1. The Labute approximate surface area is 122 Å². The Morgan fingerprint density at radius 1 is 1.29 bits per heavy atom. The Hall–Kier alpha value is -1.67. The van der Waals surface area contributed by atoms with Gasteiger partial charge in [0, 0.05) is 18.5 Å². The number of ether oxygens (including phenoxy) is 1. The van der Waals surface area contributed by atoms with Gasteiger partial charge in [0.25, 0.3) is 0 Å². The minimum atomic E-state index is -0.589. The Balaban J connectivity index is 1.70. The molecule has 0 heterocycles. The van der Waals surface area contributed by atoms with E-state index in [1.165, 1.54) is 0 Å². The summed E-state index contributed by atoms with van der Waals surface area (Å²) in [7, 11) is 0. The van der Waals surface area contributed by atoms with Crippen LogP contribution in [0.1, 0.15) is 38.5 Å². The second-order valence-electron chi connectivity index (χ2n) is 6.02. The highest BCUT2D eigenvalue weighted by molar-refractivity contribution is 5.25. The summed E-state index contributed by atoms with van der Waals surface area (Å²) >= 11 is 0. The first-order valence-corrected chi connectivity index (χ1v) is 7.41. The third kappa shape index (κ3) is 3.33. The van der Waals surface area contributed by atoms with Gasteiger partial charge in [-0.2, -0.15) is 5.26 Å². The van der Waals surface area contributed by atoms with E-state index in [9.17, 15) is 14.0 Å². The molecule has 2 saturated carbocycles. The van der Waals surface area contributed by atoms with Crippen molar-refractivity contribution in [2.24, 2.45) is 0 Å². The standard InChI is InChI=1S/C16H18F2N2O/c17-11-3-6-14(18)15(8-11)21-13-2-1-7-16(9-13,10-19)20-12-4-5-12/h3,6,8,12-13,20H,1-2,4-5,7,9H2. The highest BCUT2D eigenvalue weighted by atomic mass is 19.1. The van der Waals surface area contributed by atoms with Crippen molar-refractivity contribution in [3.63, 3.8) is 0 Å². The lowest BCUT2D eigenvalue weighted by Crippen LogP contribution is -2.50. The fourth-order valence-electron chi connectivity index (χ4n) is 2.96. The van der Waals surface area contributed by atoms with Gasteiger partial charge in [-0.05, 0) is 44.2 Å². The van der Waals surface area contributed by atoms with E-state index in [1.807, 2.05) is 0 Å². The Morgan fingerprint density at radius 3 is 2.81 bits per heavy atom. The van der Waals surface area contributed by atoms with Crippen molar-refractivity contribution in [1.29, 1.82) is 5.26 Å². The molecule has 0 aliphatic heterocycles. The lowest BCUT2D eigenvalue weighted by molar-refractivity contribution is 0.107. The number of halogens is 2. The molecule has 0 radical (unpaired) electrons. The summed E-state index contributed by atoms with van der Waals surface area (Å²) in [6.07, 6.45) is 4.84. The Kier molecular flexibility index (Phi) is 3.81. The van der Waals surface area contributed by atoms with Crippen molar-refractivity contribution in [3.05, 3.63) is 29.8 Å². The van der Waals surface area contributed by atoms with Crippen LogP contribution in [0.5, 0.6) is 5.75 Å². The van der Waals surface area contributed by atoms with Crippen LogP contribution in [0.15, 0.2) is 18.2 Å². The predicted octanol–water partition coefficient (Wildman–Crippen LogP) is 3.30. The van der Waals surface area contributed by atoms with Gasteiger partial charge in [-0.3, -0.25) is 5.32 Å². The van der Waals surface area contributed by atoms with Crippen LogP contribution in [0.2, 0.25) is 0 Å². The molecule has 0 amide bonds. The van der Waals surface area contributed by atoms with Crippen LogP contribution in [-0.4, -0.2) is 17.7 Å². The molecule has 5 heteroatoms. The zero-order valence-corrected chi connectivity index (χ0v) is 11.7. The number of nitrogens with zero attached hydrogens (tertiary/aromatic N) is 1. The van der Waals surface area contributed by atoms with Crippen molar-refractivity contribution in [3.8, 4) is 11.8 Å². The van der Waals surface area contributed by atoms with E-state index in [1.54, 1.807) is 0 Å². The molecule has 2 fully saturated rings. The Bertz CT molecular complexity index is 568. The topological polar surface area (TPSA) is 45.0 Å². The smallest absolute Gasteiger partial charge is 0.165 e. The van der Waals surface area contributed by atoms with Crippen LogP contribution >= 0.6 is 0 Å². The van der Waals surface area contributed by atoms with Gasteiger partial charge >= 0.3 is 0 Å². The van der Waals surface area contributed by atoms with Crippen molar-refractivity contribution in [1.82, 2.24) is 5.32 Å². The van der Waals surface area contributed by atoms with Crippen LogP contribution in [0.25, 0.3) is 0 Å². The molecule has 1 aromatic rings. The summed E-state index contributed by atoms with van der Waals surface area (Å²) in [4.78, 5) is 0. The predicted molar refractivity (Wildman–Crippen MR) is 73.7 cm³/mol. The third-order valence-electron chi connectivity index (χ3n) is 4.16. The van der Waals surface area contributed by atoms with Gasteiger partial charge in [0.1, 0.15) is 17.5 Å². The van der Waals surface area contributed by atoms with Gasteiger partial charge in [0.2, 0.25) is 0 Å². The van der Waals surface area contributed by atoms with Gasteiger partial charge in [-0.1, -0.05) is 0 Å². The normalized spacial score (nSPS) is 28.9. The Morgan fingerprint density at radius 2 is 2.10 bits per heavy atom. The average molecular weight is 292 g/mol. The van der Waals surface area contributed by atoms with Crippen LogP contribution in [-0.2, 0) is 0 Å². The van der Waals surface area contributed by atoms with E-state index < -0.39 is 17.2 Å². The summed E-state index contributed by atoms with van der Waals surface area (Å²) in [6, 6.07) is 5.99. The molecule has 2 aliphatic rings. The fourth-order valence-corrected chi connectivity index (χ4v) is 2.96. The molecular weight excluding hydrogens is 274 g/mol. The lowest BCUT2D eigenvalue weighted by atomic mass is 9.81. The molecule has 2 atom stereocenters. The molecule has 2 aliphatic carbocycles. The molecule has 3 nitrogen and oxygen atoms in total. The van der Waals surface area contributed by atoms with Crippen molar-refractivity contribution < 1.29 is 13.5 Å². The van der Waals surface area contributed by atoms with Gasteiger partial charge in [0.15, 0.2) is 11.6 Å². The number of rotatable bonds is 4. The molecule has 1 N–H and O–H groups in total. The minimum absolute atomic E-state index is 0.0693. The van der Waals surface area contributed by atoms with E-state index >= 15 is 0 Å². The van der Waals surface area contributed by atoms with E-state index in [4.69, 9.17) is 4.74 Å². The number of hydrogen-bond acceptors (Lipinski definition) is 3. The molecule has 112 valence electrons. The summed E-state index contributed by atoms with van der Waals surface area (Å²) in [6.45, 7) is 0. The fraction of sp³-hybridized carbons (Fsp3) is 0.562. The van der Waals surface area contributed by atoms with Crippen LogP contribution in [0.3, 0.4) is 0 Å². The third-order valence-corrected chi connectivity index (χ3v) is 4.16. The first-order valence-electron chi connectivity index (χ1n) is 7.41. The largest absolute Gasteiger partial charge is 0.487 e. The molecule has 0 bridgehead atoms. The van der Waals surface area contributed by atoms with Crippen LogP contribution in [0, 0.1) is 23.0 Å². The van der Waals surface area contributed by atoms with Crippen molar-refractivity contribution in [2.75, 3.05) is 0 Å². The molecule has 1 aromatic carbocycles. The summed E-state index contributed by atoms with van der Waals surface area (Å²) in [5.74, 6) is -1.16. The van der Waals surface area contributed by atoms with E-state index in [2.05, 4.69) is 11.4 Å². The maximum absolute atomic E-state index is 13.6. The molecule has 0 aromatic heterocycles. The first-order chi connectivity index (χ1) is 10.1. The number of nitriles is 1. The summed E-state index contributed by atoms with van der Waals surface area (Å²) < 4.78 is 32.5. The summed E-state index contributed by atoms with van der Waals surface area (Å²) in [5.41, 5.74) is -0.589. The second-order valence-corrected chi connectivity index (χ2v) is 6.02. The highest BCUT2D eigenvalue weighted by Crippen LogP contribution is 2.34. The van der Waals surface area contributed by atoms with E-state index in [-0.39, 0.29) is 11.9 Å². The van der Waals surface area contributed by atoms with Gasteiger partial charge in [-0.25, -0.2) is 8.78 Å². The number of hydrogen-bond donors (Lipinski definition) is 1. The maximum atomic E-state index is 13.6. The van der Waals surface area contributed by atoms with Crippen molar-refractivity contribution in [2.45, 2.75) is 56.2 Å². The molecule has 0 spiro atoms. The molecular formula is C16H18F2N2O. The lowest BCUT2D eigenvalue weighted by Gasteiger charge is -2.36. The zero-order valence-electron chi connectivity index (χ0n) is 11.7. The van der Waals surface area contributed by atoms with Gasteiger partial charge in [-0.15, -0.1) is 0 Å². The number of benzene rings is 1. The molecule has 21 heavy (non-hydrogen) atoms. The monoisotopic (exact) mass is 292 g/mol. The van der Waals surface area contributed by atoms with Crippen LogP contribution in [0.4, 0.5) is 8.78 Å². The van der Waals surface area contributed by atoms with Gasteiger partial charge < -0.3 is 4.74 Å². The zero-order chi connectivity index (χ0) is 14.9. The summed E-state index contributed by atoms with van der Waals surface area (Å²) in [5, 5.41) is 12.9.